The van der Waals surface area contributed by atoms with E-state index in [1.807, 2.05) is 0 Å². The summed E-state index contributed by atoms with van der Waals surface area (Å²) >= 11 is 0. The fraction of sp³-hybridized carbons (Fsp3) is 0.896. The molecule has 20 nitrogen and oxygen atoms in total. The van der Waals surface area contributed by atoms with Gasteiger partial charge in [-0.25, -0.2) is 4.79 Å². The van der Waals surface area contributed by atoms with Crippen molar-refractivity contribution < 1.29 is 99.0 Å². The number of aliphatic carboxylic acids is 1. The average Bonchev–Trinajstić information content (AvgIpc) is 3.27. The van der Waals surface area contributed by atoms with Crippen molar-refractivity contribution in [3.8, 4) is 0 Å². The van der Waals surface area contributed by atoms with E-state index >= 15 is 0 Å². The van der Waals surface area contributed by atoms with Crippen LogP contribution in [0.5, 0.6) is 0 Å². The van der Waals surface area contributed by atoms with Crippen LogP contribution in [-0.2, 0) is 42.8 Å². The van der Waals surface area contributed by atoms with Gasteiger partial charge in [0, 0.05) is 0 Å². The molecule has 0 spiro atoms. The second kappa shape index (κ2) is 18.0. The van der Waals surface area contributed by atoms with Crippen LogP contribution >= 0.6 is 0 Å². The molecule has 0 aromatic heterocycles. The normalized spacial score (nSPS) is 54.5. The summed E-state index contributed by atoms with van der Waals surface area (Å²) in [6.45, 7) is 13.4. The summed E-state index contributed by atoms with van der Waals surface area (Å²) in [6.07, 6.45) is -20.6. The first-order valence-corrected chi connectivity index (χ1v) is 24.3. The quantitative estimate of drug-likeness (QED) is 0.0595. The molecule has 5 aliphatic carbocycles. The zero-order valence-electron chi connectivity index (χ0n) is 39.9. The summed E-state index contributed by atoms with van der Waals surface area (Å²) in [4.78, 5) is 40.7. The molecule has 0 aromatic rings. The van der Waals surface area contributed by atoms with E-state index in [-0.39, 0.29) is 23.7 Å². The Bertz CT molecular complexity index is 1950. The van der Waals surface area contributed by atoms with Crippen molar-refractivity contribution in [1.82, 2.24) is 0 Å². The number of aldehydes is 1. The van der Waals surface area contributed by atoms with Crippen molar-refractivity contribution >= 4 is 18.2 Å². The molecule has 68 heavy (non-hydrogen) atoms. The molecule has 0 aromatic carbocycles. The SMILES string of the molecule is C[C@@H]1O[C@@H](O[C@@H]2[C@@H](O)[C@H](O[C@@H]3[C@H](O)C[C@@]4(C)C(CC[C@]5(C)C4CC=C4[C@@H]6CC(C)(C)CC[C@]6(C(=O)O[C@@H]6O[C@H](CO)[C@@H](O)[C@H](O)[C@H]6O)CC[C@]45C)[C@]3(C)C=O)O[C@H](C(=O)O)[C@H]2O)[C@H](O)[C@H](O)[C@H]1O. The van der Waals surface area contributed by atoms with Crippen LogP contribution in [-0.4, -0.2) is 185 Å². The van der Waals surface area contributed by atoms with Crippen LogP contribution in [0.3, 0.4) is 0 Å². The number of aliphatic hydroxyl groups excluding tert-OH is 10. The molecule has 0 radical (unpaired) electrons. The smallest absolute Gasteiger partial charge is 0.335 e. The molecule has 386 valence electrons. The number of carbonyl (C=O) groups excluding carboxylic acids is 2. The van der Waals surface area contributed by atoms with E-state index in [1.54, 1.807) is 6.92 Å². The number of hydrogen-bond acceptors (Lipinski definition) is 19. The van der Waals surface area contributed by atoms with Gasteiger partial charge in [0.25, 0.3) is 0 Å². The Morgan fingerprint density at radius 2 is 1.35 bits per heavy atom. The highest BCUT2D eigenvalue weighted by molar-refractivity contribution is 5.79. The van der Waals surface area contributed by atoms with Gasteiger partial charge in [-0.05, 0) is 104 Å². The molecule has 8 rings (SSSR count). The summed E-state index contributed by atoms with van der Waals surface area (Å²) in [6, 6.07) is 0. The molecule has 3 saturated heterocycles. The average molecular weight is 971 g/mol. The van der Waals surface area contributed by atoms with E-state index in [4.69, 9.17) is 28.4 Å². The number of ether oxygens (including phenoxy) is 6. The van der Waals surface area contributed by atoms with Crippen molar-refractivity contribution in [2.75, 3.05) is 6.61 Å². The van der Waals surface area contributed by atoms with Gasteiger partial charge in [-0.15, -0.1) is 0 Å². The van der Waals surface area contributed by atoms with E-state index < -0.39 is 156 Å². The molecule has 25 atom stereocenters. The van der Waals surface area contributed by atoms with Crippen molar-refractivity contribution in [1.29, 1.82) is 0 Å². The Morgan fingerprint density at radius 3 is 2.00 bits per heavy atom. The minimum absolute atomic E-state index is 0.0958. The number of fused-ring (bicyclic) bond motifs is 7. The molecular formula is C48H74O20. The van der Waals surface area contributed by atoms with Crippen LogP contribution in [0.2, 0.25) is 0 Å². The molecular weight excluding hydrogens is 897 g/mol. The van der Waals surface area contributed by atoms with Gasteiger partial charge in [0.1, 0.15) is 67.3 Å². The van der Waals surface area contributed by atoms with Crippen LogP contribution in [0.15, 0.2) is 11.6 Å². The predicted molar refractivity (Wildman–Crippen MR) is 231 cm³/mol. The molecule has 4 saturated carbocycles. The minimum atomic E-state index is -2.05. The third-order valence-corrected chi connectivity index (χ3v) is 19.2. The van der Waals surface area contributed by atoms with Gasteiger partial charge >= 0.3 is 11.9 Å². The van der Waals surface area contributed by atoms with Gasteiger partial charge in [0.15, 0.2) is 18.7 Å². The zero-order chi connectivity index (χ0) is 50.0. The van der Waals surface area contributed by atoms with E-state index in [9.17, 15) is 70.6 Å². The highest BCUT2D eigenvalue weighted by atomic mass is 16.7. The first-order chi connectivity index (χ1) is 31.7. The largest absolute Gasteiger partial charge is 0.479 e. The van der Waals surface area contributed by atoms with Crippen molar-refractivity contribution in [2.45, 2.75) is 211 Å². The van der Waals surface area contributed by atoms with E-state index in [0.29, 0.717) is 44.9 Å². The topological polar surface area (TPSA) is 329 Å². The summed E-state index contributed by atoms with van der Waals surface area (Å²) in [7, 11) is 0. The maximum atomic E-state index is 14.7. The van der Waals surface area contributed by atoms with Crippen LogP contribution in [0, 0.1) is 50.2 Å². The number of carbonyl (C=O) groups is 3. The highest BCUT2D eigenvalue weighted by Crippen LogP contribution is 2.76. The maximum absolute atomic E-state index is 14.7. The monoisotopic (exact) mass is 970 g/mol. The number of rotatable bonds is 9. The number of carboxylic acid groups (broad SMARTS) is 1. The summed E-state index contributed by atoms with van der Waals surface area (Å²) < 4.78 is 34.8. The van der Waals surface area contributed by atoms with E-state index in [0.717, 1.165) is 18.3 Å². The third kappa shape index (κ3) is 7.86. The Kier molecular flexibility index (Phi) is 13.8. The van der Waals surface area contributed by atoms with Gasteiger partial charge < -0.3 is 89.4 Å². The predicted octanol–water partition coefficient (Wildman–Crippen LogP) is -0.590. The van der Waals surface area contributed by atoms with Gasteiger partial charge in [0.2, 0.25) is 6.29 Å². The molecule has 0 amide bonds. The van der Waals surface area contributed by atoms with Gasteiger partial charge in [-0.3, -0.25) is 4.79 Å². The first kappa shape index (κ1) is 52.1. The minimum Gasteiger partial charge on any atom is -0.479 e. The van der Waals surface area contributed by atoms with Gasteiger partial charge in [0.05, 0.1) is 35.7 Å². The molecule has 11 N–H and O–H groups in total. The van der Waals surface area contributed by atoms with Crippen LogP contribution < -0.4 is 0 Å². The van der Waals surface area contributed by atoms with Crippen LogP contribution in [0.25, 0.3) is 0 Å². The Labute approximate surface area is 395 Å². The number of carboxylic acids is 1. The highest BCUT2D eigenvalue weighted by Gasteiger charge is 2.72. The molecule has 20 heteroatoms. The van der Waals surface area contributed by atoms with E-state index in [1.165, 1.54) is 6.92 Å². The van der Waals surface area contributed by atoms with Crippen molar-refractivity contribution in [3.05, 3.63) is 11.6 Å². The second-order valence-electron chi connectivity index (χ2n) is 23.3. The molecule has 3 heterocycles. The van der Waals surface area contributed by atoms with Crippen LogP contribution in [0.4, 0.5) is 0 Å². The standard InChI is InChI=1S/C48H74O20/c1-20-27(52)29(54)31(56)39(63-20)65-35-33(58)36(38(60)61)66-41(34(35)59)67-37-23(51)17-44(4)25(45(37,5)19-50)10-11-47(7)26(44)9-8-21-22-16-43(2,3)12-14-48(22,15-13-46(21,47)6)42(62)68-40-32(57)30(55)28(53)24(18-49)64-40/h8,19-20,22-37,39-41,49,51-59H,9-18H2,1-7H3,(H,60,61)/t20-,22-,23+,24+,25?,26?,27-,28+,29+,30-,31+,32+,33-,34+,35-,36-,37+,39-,40-,41-,44-,45-,46+,47+,48-/m0/s1. The summed E-state index contributed by atoms with van der Waals surface area (Å²) in [5, 5.41) is 118. The Morgan fingerprint density at radius 1 is 0.721 bits per heavy atom. The molecule has 7 fully saturated rings. The molecule has 2 unspecified atom stereocenters. The third-order valence-electron chi connectivity index (χ3n) is 19.2. The lowest BCUT2D eigenvalue weighted by atomic mass is 9.33. The lowest BCUT2D eigenvalue weighted by molar-refractivity contribution is -0.366. The van der Waals surface area contributed by atoms with E-state index in [2.05, 4.69) is 40.7 Å². The van der Waals surface area contributed by atoms with Crippen molar-refractivity contribution in [3.63, 3.8) is 0 Å². The second-order valence-corrected chi connectivity index (χ2v) is 23.3. The summed E-state index contributed by atoms with van der Waals surface area (Å²) in [5.74, 6) is -2.99. The number of esters is 1. The molecule has 3 aliphatic heterocycles. The lowest BCUT2D eigenvalue weighted by Gasteiger charge is -2.71. The van der Waals surface area contributed by atoms with Gasteiger partial charge in [-0.1, -0.05) is 53.2 Å². The van der Waals surface area contributed by atoms with Crippen molar-refractivity contribution in [2.24, 2.45) is 50.2 Å². The lowest BCUT2D eigenvalue weighted by Crippen LogP contribution is -2.69. The Hall–Kier alpha value is -2.25. The maximum Gasteiger partial charge on any atom is 0.335 e. The fourth-order valence-corrected chi connectivity index (χ4v) is 15.0. The van der Waals surface area contributed by atoms with Gasteiger partial charge in [-0.2, -0.15) is 0 Å². The number of aliphatic hydroxyl groups is 10. The molecule has 0 bridgehead atoms. The number of allylic oxidation sites excluding steroid dienone is 2. The fourth-order valence-electron chi connectivity index (χ4n) is 15.0. The number of hydrogen-bond donors (Lipinski definition) is 11. The zero-order valence-corrected chi connectivity index (χ0v) is 39.9. The molecule has 8 aliphatic rings. The van der Waals surface area contributed by atoms with Crippen LogP contribution in [0.1, 0.15) is 106 Å². The first-order valence-electron chi connectivity index (χ1n) is 24.3. The summed E-state index contributed by atoms with van der Waals surface area (Å²) in [5.41, 5.74) is -3.01. The Balaban J connectivity index is 1.06.